The van der Waals surface area contributed by atoms with Crippen LogP contribution in [0.1, 0.15) is 18.9 Å². The van der Waals surface area contributed by atoms with Crippen LogP contribution in [0.15, 0.2) is 30.5 Å². The lowest BCUT2D eigenvalue weighted by Crippen LogP contribution is -2.16. The fourth-order valence-corrected chi connectivity index (χ4v) is 2.22. The Labute approximate surface area is 113 Å². The average molecular weight is 260 g/mol. The number of carbonyl (C=O) groups is 1. The molecule has 4 nitrogen and oxygen atoms in total. The first-order chi connectivity index (χ1) is 9.26. The van der Waals surface area contributed by atoms with Crippen LogP contribution in [0.2, 0.25) is 0 Å². The number of ether oxygens (including phenoxy) is 1. The van der Waals surface area contributed by atoms with E-state index in [9.17, 15) is 4.79 Å². The Hall–Kier alpha value is -1.81. The normalized spacial score (nSPS) is 10.8. The molecule has 2 aromatic rings. The monoisotopic (exact) mass is 260 g/mol. The zero-order valence-electron chi connectivity index (χ0n) is 11.5. The Kier molecular flexibility index (Phi) is 4.58. The van der Waals surface area contributed by atoms with Crippen molar-refractivity contribution < 1.29 is 9.53 Å². The summed E-state index contributed by atoms with van der Waals surface area (Å²) < 4.78 is 6.68. The van der Waals surface area contributed by atoms with Gasteiger partial charge in [-0.2, -0.15) is 0 Å². The van der Waals surface area contributed by atoms with Gasteiger partial charge in [-0.25, -0.2) is 0 Å². The van der Waals surface area contributed by atoms with Crippen LogP contribution in [0.25, 0.3) is 10.9 Å². The molecule has 0 unspecified atom stereocenters. The second-order valence-electron chi connectivity index (χ2n) is 4.55. The number of hydrogen-bond acceptors (Lipinski definition) is 3. The number of benzene rings is 1. The Morgan fingerprint density at radius 2 is 2.21 bits per heavy atom. The van der Waals surface area contributed by atoms with E-state index in [1.54, 1.807) is 0 Å². The van der Waals surface area contributed by atoms with Crippen molar-refractivity contribution in [2.75, 3.05) is 13.7 Å². The summed E-state index contributed by atoms with van der Waals surface area (Å²) in [5.74, 6) is -0.228. The molecule has 19 heavy (non-hydrogen) atoms. The van der Waals surface area contributed by atoms with Gasteiger partial charge in [-0.1, -0.05) is 25.1 Å². The molecule has 0 atom stereocenters. The molecule has 0 radical (unpaired) electrons. The summed E-state index contributed by atoms with van der Waals surface area (Å²) >= 11 is 0. The maximum atomic E-state index is 11.4. The minimum atomic E-state index is -0.228. The first-order valence-electron chi connectivity index (χ1n) is 6.60. The topological polar surface area (TPSA) is 43.3 Å². The van der Waals surface area contributed by atoms with Crippen molar-refractivity contribution in [3.8, 4) is 0 Å². The van der Waals surface area contributed by atoms with Crippen molar-refractivity contribution in [1.82, 2.24) is 9.88 Å². The van der Waals surface area contributed by atoms with Gasteiger partial charge in [-0.3, -0.25) is 4.79 Å². The maximum Gasteiger partial charge on any atom is 0.325 e. The van der Waals surface area contributed by atoms with Gasteiger partial charge < -0.3 is 14.6 Å². The van der Waals surface area contributed by atoms with Gasteiger partial charge in [0.25, 0.3) is 0 Å². The molecule has 0 aliphatic rings. The van der Waals surface area contributed by atoms with Crippen LogP contribution in [0.5, 0.6) is 0 Å². The molecule has 1 N–H and O–H groups in total. The van der Waals surface area contributed by atoms with Crippen molar-refractivity contribution in [3.63, 3.8) is 0 Å². The van der Waals surface area contributed by atoms with Gasteiger partial charge in [-0.05, 0) is 30.0 Å². The van der Waals surface area contributed by atoms with E-state index in [0.29, 0.717) is 0 Å². The number of esters is 1. The van der Waals surface area contributed by atoms with E-state index >= 15 is 0 Å². The maximum absolute atomic E-state index is 11.4. The fourth-order valence-electron chi connectivity index (χ4n) is 2.22. The van der Waals surface area contributed by atoms with Gasteiger partial charge in [0.15, 0.2) is 0 Å². The first kappa shape index (κ1) is 13.6. The zero-order valence-corrected chi connectivity index (χ0v) is 11.5. The number of nitrogens with zero attached hydrogens (tertiary/aromatic N) is 1. The summed E-state index contributed by atoms with van der Waals surface area (Å²) in [7, 11) is 1.41. The van der Waals surface area contributed by atoms with Crippen molar-refractivity contribution >= 4 is 16.9 Å². The highest BCUT2D eigenvalue weighted by atomic mass is 16.5. The van der Waals surface area contributed by atoms with Gasteiger partial charge >= 0.3 is 5.97 Å². The number of hydrogen-bond donors (Lipinski definition) is 1. The van der Waals surface area contributed by atoms with Crippen LogP contribution >= 0.6 is 0 Å². The molecule has 102 valence electrons. The molecule has 2 rings (SSSR count). The van der Waals surface area contributed by atoms with Gasteiger partial charge in [0.05, 0.1) is 12.6 Å². The number of rotatable bonds is 6. The number of fused-ring (bicyclic) bond motifs is 1. The van der Waals surface area contributed by atoms with Crippen LogP contribution in [-0.4, -0.2) is 24.2 Å². The van der Waals surface area contributed by atoms with E-state index in [1.165, 1.54) is 12.7 Å². The molecule has 0 spiro atoms. The lowest BCUT2D eigenvalue weighted by molar-refractivity contribution is -0.141. The quantitative estimate of drug-likeness (QED) is 0.640. The Balaban J connectivity index is 2.29. The van der Waals surface area contributed by atoms with Crippen LogP contribution in [0.4, 0.5) is 0 Å². The van der Waals surface area contributed by atoms with E-state index in [2.05, 4.69) is 24.4 Å². The van der Waals surface area contributed by atoms with E-state index in [4.69, 9.17) is 4.74 Å². The molecule has 0 saturated heterocycles. The van der Waals surface area contributed by atoms with E-state index < -0.39 is 0 Å². The Morgan fingerprint density at radius 3 is 2.95 bits per heavy atom. The van der Waals surface area contributed by atoms with Gasteiger partial charge in [-0.15, -0.1) is 0 Å². The summed E-state index contributed by atoms with van der Waals surface area (Å²) in [4.78, 5) is 11.4. The van der Waals surface area contributed by atoms with Crippen LogP contribution in [-0.2, 0) is 22.6 Å². The van der Waals surface area contributed by atoms with Crippen LogP contribution in [0, 0.1) is 0 Å². The van der Waals surface area contributed by atoms with E-state index in [-0.39, 0.29) is 12.5 Å². The van der Waals surface area contributed by atoms with Gasteiger partial charge in [0.1, 0.15) is 6.54 Å². The van der Waals surface area contributed by atoms with E-state index in [1.807, 2.05) is 22.9 Å². The summed E-state index contributed by atoms with van der Waals surface area (Å²) in [6.45, 7) is 4.21. The number of methoxy groups -OCH3 is 1. The molecule has 1 heterocycles. The molecule has 0 saturated carbocycles. The predicted octanol–water partition coefficient (Wildman–Crippen LogP) is 2.31. The highest BCUT2D eigenvalue weighted by Gasteiger charge is 2.09. The lowest BCUT2D eigenvalue weighted by atomic mass is 10.1. The number of aromatic nitrogens is 1. The summed E-state index contributed by atoms with van der Waals surface area (Å²) in [6.07, 6.45) is 3.05. The third-order valence-electron chi connectivity index (χ3n) is 3.14. The molecule has 0 fully saturated rings. The Morgan fingerprint density at radius 1 is 1.37 bits per heavy atom. The molecule has 1 aromatic heterocycles. The van der Waals surface area contributed by atoms with Gasteiger partial charge in [0, 0.05) is 12.7 Å². The fraction of sp³-hybridized carbons (Fsp3) is 0.400. The van der Waals surface area contributed by atoms with Crippen molar-refractivity contribution in [2.24, 2.45) is 0 Å². The van der Waals surface area contributed by atoms with Crippen molar-refractivity contribution in [3.05, 3.63) is 36.0 Å². The minimum Gasteiger partial charge on any atom is -0.468 e. The minimum absolute atomic E-state index is 0.228. The largest absolute Gasteiger partial charge is 0.468 e. The SMILES string of the molecule is CCCNCc1cccc2ccn(CC(=O)OC)c12. The summed E-state index contributed by atoms with van der Waals surface area (Å²) in [6, 6.07) is 8.24. The van der Waals surface area contributed by atoms with Gasteiger partial charge in [0.2, 0.25) is 0 Å². The van der Waals surface area contributed by atoms with E-state index in [0.717, 1.165) is 30.4 Å². The Bertz CT molecular complexity index is 560. The molecular weight excluding hydrogens is 240 g/mol. The third kappa shape index (κ3) is 3.15. The standard InChI is InChI=1S/C15H20N2O2/c1-3-8-16-10-13-6-4-5-12-7-9-17(15(12)13)11-14(18)19-2/h4-7,9,16H,3,8,10-11H2,1-2H3. The summed E-state index contributed by atoms with van der Waals surface area (Å²) in [5, 5.41) is 4.55. The zero-order chi connectivity index (χ0) is 13.7. The molecule has 0 aliphatic carbocycles. The van der Waals surface area contributed by atoms with Crippen molar-refractivity contribution in [2.45, 2.75) is 26.4 Å². The highest BCUT2D eigenvalue weighted by molar-refractivity contribution is 5.84. The molecule has 0 aliphatic heterocycles. The molecule has 0 bridgehead atoms. The van der Waals surface area contributed by atoms with Crippen molar-refractivity contribution in [1.29, 1.82) is 0 Å². The molecule has 4 heteroatoms. The first-order valence-corrected chi connectivity index (χ1v) is 6.60. The molecule has 0 amide bonds. The second-order valence-corrected chi connectivity index (χ2v) is 4.55. The van der Waals surface area contributed by atoms with Crippen LogP contribution < -0.4 is 5.32 Å². The average Bonchev–Trinajstić information content (AvgIpc) is 2.83. The predicted molar refractivity (Wildman–Crippen MR) is 76.0 cm³/mol. The summed E-state index contributed by atoms with van der Waals surface area (Å²) in [5.41, 5.74) is 2.32. The number of nitrogens with one attached hydrogen (secondary N) is 1. The third-order valence-corrected chi connectivity index (χ3v) is 3.14. The van der Waals surface area contributed by atoms with Crippen LogP contribution in [0.3, 0.4) is 0 Å². The molecule has 1 aromatic carbocycles. The molecular formula is C15H20N2O2. The second kappa shape index (κ2) is 6.38. The smallest absolute Gasteiger partial charge is 0.325 e. The lowest BCUT2D eigenvalue weighted by Gasteiger charge is -2.09. The highest BCUT2D eigenvalue weighted by Crippen LogP contribution is 2.20. The number of carbonyl (C=O) groups excluding carboxylic acids is 1. The number of para-hydroxylation sites is 1.